The van der Waals surface area contributed by atoms with Crippen molar-refractivity contribution in [3.8, 4) is 0 Å². The number of aryl methyl sites for hydroxylation is 1. The molecule has 0 aliphatic heterocycles. The summed E-state index contributed by atoms with van der Waals surface area (Å²) in [5.74, 6) is -1.30. The van der Waals surface area contributed by atoms with Crippen molar-refractivity contribution in [2.45, 2.75) is 19.9 Å². The largest absolute Gasteiger partial charge is 0.341 e. The quantitative estimate of drug-likeness (QED) is 0.850. The van der Waals surface area contributed by atoms with Crippen LogP contribution in [-0.4, -0.2) is 11.8 Å². The highest BCUT2D eigenvalue weighted by atomic mass is 16.2. The molecule has 0 fully saturated rings. The highest BCUT2D eigenvalue weighted by molar-refractivity contribution is 6.39. The lowest BCUT2D eigenvalue weighted by Crippen LogP contribution is -2.37. The lowest BCUT2D eigenvalue weighted by Gasteiger charge is -2.14. The lowest BCUT2D eigenvalue weighted by atomic mass is 10.1. The Hall–Kier alpha value is -2.62. The predicted octanol–water partition coefficient (Wildman–Crippen LogP) is 2.81. The molecule has 2 aromatic rings. The molecule has 1 atom stereocenters. The molecule has 2 N–H and O–H groups in total. The van der Waals surface area contributed by atoms with Crippen LogP contribution in [0.25, 0.3) is 0 Å². The molecule has 0 saturated heterocycles. The number of hydrogen-bond acceptors (Lipinski definition) is 2. The van der Waals surface area contributed by atoms with Gasteiger partial charge in [-0.3, -0.25) is 9.59 Å². The van der Waals surface area contributed by atoms with Gasteiger partial charge in [0.25, 0.3) is 0 Å². The van der Waals surface area contributed by atoms with E-state index in [2.05, 4.69) is 10.6 Å². The molecule has 0 unspecified atom stereocenters. The molecule has 4 nitrogen and oxygen atoms in total. The number of amides is 2. The fourth-order valence-corrected chi connectivity index (χ4v) is 1.98. The van der Waals surface area contributed by atoms with Crippen molar-refractivity contribution in [3.63, 3.8) is 0 Å². The van der Waals surface area contributed by atoms with Crippen LogP contribution in [0.3, 0.4) is 0 Å². The standard InChI is InChI=1S/C17H18N2O2/c1-12-8-6-7-11-15(12)19-17(21)16(20)18-13(2)14-9-4-3-5-10-14/h3-11,13H,1-2H3,(H,18,20)(H,19,21)/t13-/m1/s1. The Bertz CT molecular complexity index is 638. The van der Waals surface area contributed by atoms with Crippen LogP contribution in [0, 0.1) is 6.92 Å². The van der Waals surface area contributed by atoms with E-state index in [1.807, 2.05) is 62.4 Å². The molecule has 0 saturated carbocycles. The van der Waals surface area contributed by atoms with Crippen LogP contribution in [-0.2, 0) is 9.59 Å². The average Bonchev–Trinajstić information content (AvgIpc) is 2.50. The summed E-state index contributed by atoms with van der Waals surface area (Å²) in [4.78, 5) is 23.8. The fourth-order valence-electron chi connectivity index (χ4n) is 1.98. The molecule has 0 aromatic heterocycles. The number of rotatable bonds is 3. The summed E-state index contributed by atoms with van der Waals surface area (Å²) < 4.78 is 0. The van der Waals surface area contributed by atoms with Crippen molar-refractivity contribution in [2.24, 2.45) is 0 Å². The third kappa shape index (κ3) is 3.92. The van der Waals surface area contributed by atoms with Gasteiger partial charge in [-0.15, -0.1) is 0 Å². The Morgan fingerprint density at radius 1 is 0.905 bits per heavy atom. The second-order valence-corrected chi connectivity index (χ2v) is 4.87. The van der Waals surface area contributed by atoms with Crippen LogP contribution in [0.5, 0.6) is 0 Å². The third-order valence-electron chi connectivity index (χ3n) is 3.25. The maximum absolute atomic E-state index is 11.9. The monoisotopic (exact) mass is 282 g/mol. The molecule has 2 aromatic carbocycles. The van der Waals surface area contributed by atoms with Gasteiger partial charge in [-0.25, -0.2) is 0 Å². The molecule has 4 heteroatoms. The topological polar surface area (TPSA) is 58.2 Å². The predicted molar refractivity (Wildman–Crippen MR) is 82.8 cm³/mol. The van der Waals surface area contributed by atoms with E-state index in [0.29, 0.717) is 5.69 Å². The highest BCUT2D eigenvalue weighted by Gasteiger charge is 2.17. The molecular weight excluding hydrogens is 264 g/mol. The summed E-state index contributed by atoms with van der Waals surface area (Å²) in [7, 11) is 0. The van der Waals surface area contributed by atoms with Gasteiger partial charge < -0.3 is 10.6 Å². The van der Waals surface area contributed by atoms with Crippen molar-refractivity contribution in [1.82, 2.24) is 5.32 Å². The third-order valence-corrected chi connectivity index (χ3v) is 3.25. The van der Waals surface area contributed by atoms with Crippen LogP contribution >= 0.6 is 0 Å². The second-order valence-electron chi connectivity index (χ2n) is 4.87. The number of carbonyl (C=O) groups excluding carboxylic acids is 2. The van der Waals surface area contributed by atoms with Crippen LogP contribution in [0.15, 0.2) is 54.6 Å². The van der Waals surface area contributed by atoms with Crippen LogP contribution < -0.4 is 10.6 Å². The molecule has 0 heterocycles. The van der Waals surface area contributed by atoms with E-state index in [9.17, 15) is 9.59 Å². The van der Waals surface area contributed by atoms with Gasteiger partial charge in [-0.2, -0.15) is 0 Å². The van der Waals surface area contributed by atoms with E-state index in [0.717, 1.165) is 11.1 Å². The average molecular weight is 282 g/mol. The minimum Gasteiger partial charge on any atom is -0.341 e. The first-order valence-electron chi connectivity index (χ1n) is 6.80. The van der Waals surface area contributed by atoms with E-state index in [1.165, 1.54) is 0 Å². The van der Waals surface area contributed by atoms with E-state index in [1.54, 1.807) is 6.07 Å². The minimum atomic E-state index is -0.660. The molecule has 0 aliphatic rings. The summed E-state index contributed by atoms with van der Waals surface area (Å²) in [6, 6.07) is 16.6. The lowest BCUT2D eigenvalue weighted by molar-refractivity contribution is -0.136. The van der Waals surface area contributed by atoms with Crippen molar-refractivity contribution in [3.05, 3.63) is 65.7 Å². The number of carbonyl (C=O) groups is 2. The Morgan fingerprint density at radius 2 is 1.52 bits per heavy atom. The number of nitrogens with one attached hydrogen (secondary N) is 2. The summed E-state index contributed by atoms with van der Waals surface area (Å²) in [6.45, 7) is 3.72. The van der Waals surface area contributed by atoms with Crippen molar-refractivity contribution in [2.75, 3.05) is 5.32 Å². The zero-order valence-electron chi connectivity index (χ0n) is 12.1. The van der Waals surface area contributed by atoms with E-state index in [-0.39, 0.29) is 6.04 Å². The number of para-hydroxylation sites is 1. The summed E-state index contributed by atoms with van der Waals surface area (Å²) in [5, 5.41) is 5.30. The Morgan fingerprint density at radius 3 is 2.19 bits per heavy atom. The van der Waals surface area contributed by atoms with E-state index >= 15 is 0 Å². The van der Waals surface area contributed by atoms with Gasteiger partial charge in [0.2, 0.25) is 0 Å². The molecule has 2 rings (SSSR count). The van der Waals surface area contributed by atoms with E-state index < -0.39 is 11.8 Å². The first-order valence-corrected chi connectivity index (χ1v) is 6.80. The van der Waals surface area contributed by atoms with Gasteiger partial charge in [0.05, 0.1) is 6.04 Å². The van der Waals surface area contributed by atoms with Crippen LogP contribution in [0.4, 0.5) is 5.69 Å². The van der Waals surface area contributed by atoms with Crippen molar-refractivity contribution in [1.29, 1.82) is 0 Å². The highest BCUT2D eigenvalue weighted by Crippen LogP contribution is 2.14. The zero-order chi connectivity index (χ0) is 15.2. The summed E-state index contributed by atoms with van der Waals surface area (Å²) in [5.41, 5.74) is 2.51. The molecule has 21 heavy (non-hydrogen) atoms. The maximum atomic E-state index is 11.9. The van der Waals surface area contributed by atoms with Gasteiger partial charge in [-0.1, -0.05) is 48.5 Å². The molecule has 0 aliphatic carbocycles. The molecule has 108 valence electrons. The normalized spacial score (nSPS) is 11.5. The van der Waals surface area contributed by atoms with Gasteiger partial charge in [0.15, 0.2) is 0 Å². The SMILES string of the molecule is Cc1ccccc1NC(=O)C(=O)N[C@H](C)c1ccccc1. The fraction of sp³-hybridized carbons (Fsp3) is 0.176. The molecular formula is C17H18N2O2. The first-order chi connectivity index (χ1) is 10.1. The number of anilines is 1. The van der Waals surface area contributed by atoms with Gasteiger partial charge >= 0.3 is 11.8 Å². The van der Waals surface area contributed by atoms with Crippen molar-refractivity contribution < 1.29 is 9.59 Å². The van der Waals surface area contributed by atoms with Crippen LogP contribution in [0.2, 0.25) is 0 Å². The maximum Gasteiger partial charge on any atom is 0.313 e. The number of benzene rings is 2. The Balaban J connectivity index is 1.97. The van der Waals surface area contributed by atoms with Crippen molar-refractivity contribution >= 4 is 17.5 Å². The Labute approximate surface area is 124 Å². The molecule has 0 spiro atoms. The molecule has 2 amide bonds. The smallest absolute Gasteiger partial charge is 0.313 e. The second kappa shape index (κ2) is 6.70. The first kappa shape index (κ1) is 14.8. The van der Waals surface area contributed by atoms with Gasteiger partial charge in [0, 0.05) is 5.69 Å². The number of hydrogen-bond donors (Lipinski definition) is 2. The van der Waals surface area contributed by atoms with E-state index in [4.69, 9.17) is 0 Å². The molecule has 0 radical (unpaired) electrons. The molecule has 0 bridgehead atoms. The summed E-state index contributed by atoms with van der Waals surface area (Å²) in [6.07, 6.45) is 0. The Kier molecular flexibility index (Phi) is 4.72. The van der Waals surface area contributed by atoms with Gasteiger partial charge in [-0.05, 0) is 31.0 Å². The van der Waals surface area contributed by atoms with Gasteiger partial charge in [0.1, 0.15) is 0 Å². The minimum absolute atomic E-state index is 0.221. The summed E-state index contributed by atoms with van der Waals surface area (Å²) >= 11 is 0. The zero-order valence-corrected chi connectivity index (χ0v) is 12.1. The van der Waals surface area contributed by atoms with Crippen LogP contribution in [0.1, 0.15) is 24.1 Å².